The zero-order chi connectivity index (χ0) is 23.1. The summed E-state index contributed by atoms with van der Waals surface area (Å²) in [4.78, 5) is 5.83. The second-order valence-electron chi connectivity index (χ2n) is 7.45. The fourth-order valence-electron chi connectivity index (χ4n) is 3.40. The highest BCUT2D eigenvalue weighted by molar-refractivity contribution is 6.29. The molecule has 6 heteroatoms. The van der Waals surface area contributed by atoms with Gasteiger partial charge >= 0.3 is 0 Å². The lowest BCUT2D eigenvalue weighted by atomic mass is 9.92. The number of methoxy groups -OCH3 is 1. The van der Waals surface area contributed by atoms with E-state index in [0.717, 1.165) is 34.5 Å². The molecule has 1 unspecified atom stereocenters. The molecule has 0 saturated heterocycles. The van der Waals surface area contributed by atoms with Crippen LogP contribution >= 0.6 is 11.6 Å². The first kappa shape index (κ1) is 24.6. The Bertz CT molecular complexity index is 975. The van der Waals surface area contributed by atoms with E-state index in [1.54, 1.807) is 19.3 Å². The molecule has 1 aliphatic rings. The lowest BCUT2D eigenvalue weighted by Gasteiger charge is -2.32. The largest absolute Gasteiger partial charge is 0.497 e. The van der Waals surface area contributed by atoms with Crippen LogP contribution < -0.4 is 5.73 Å². The van der Waals surface area contributed by atoms with E-state index in [0.29, 0.717) is 24.3 Å². The van der Waals surface area contributed by atoms with Gasteiger partial charge in [0.1, 0.15) is 5.76 Å². The summed E-state index contributed by atoms with van der Waals surface area (Å²) in [7, 11) is 1.60. The first-order valence-corrected chi connectivity index (χ1v) is 10.7. The predicted molar refractivity (Wildman–Crippen MR) is 127 cm³/mol. The number of rotatable bonds is 9. The maximum absolute atomic E-state index is 14.4. The molecule has 2 rings (SSSR count). The summed E-state index contributed by atoms with van der Waals surface area (Å²) in [6, 6.07) is 1.60. The van der Waals surface area contributed by atoms with Gasteiger partial charge in [0.05, 0.1) is 7.11 Å². The molecular formula is C25H31ClFN3O. The van der Waals surface area contributed by atoms with E-state index in [2.05, 4.69) is 36.9 Å². The molecule has 0 amide bonds. The Balaban J connectivity index is 2.58. The molecule has 1 aliphatic heterocycles. The molecule has 0 spiro atoms. The Morgan fingerprint density at radius 3 is 2.77 bits per heavy atom. The maximum atomic E-state index is 14.4. The molecule has 0 fully saturated rings. The second-order valence-corrected chi connectivity index (χ2v) is 7.81. The molecule has 31 heavy (non-hydrogen) atoms. The summed E-state index contributed by atoms with van der Waals surface area (Å²) >= 11 is 5.84. The van der Waals surface area contributed by atoms with Crippen molar-refractivity contribution >= 4 is 17.7 Å². The molecule has 0 saturated carbocycles. The summed E-state index contributed by atoms with van der Waals surface area (Å²) < 4.78 is 19.7. The van der Waals surface area contributed by atoms with Crippen molar-refractivity contribution in [2.75, 3.05) is 13.7 Å². The average molecular weight is 444 g/mol. The van der Waals surface area contributed by atoms with Crippen molar-refractivity contribution in [2.45, 2.75) is 33.6 Å². The minimum absolute atomic E-state index is 0.141. The van der Waals surface area contributed by atoms with Crippen LogP contribution in [-0.2, 0) is 4.74 Å². The third-order valence-electron chi connectivity index (χ3n) is 5.38. The van der Waals surface area contributed by atoms with Crippen LogP contribution in [0.25, 0.3) is 6.08 Å². The number of ether oxygens (including phenoxy) is 1. The first-order valence-electron chi connectivity index (χ1n) is 10.3. The smallest absolute Gasteiger partial charge is 0.167 e. The zero-order valence-electron chi connectivity index (χ0n) is 18.7. The fraction of sp³-hybridized carbons (Fsp3) is 0.320. The van der Waals surface area contributed by atoms with Gasteiger partial charge in [-0.05, 0) is 49.1 Å². The van der Waals surface area contributed by atoms with Crippen molar-refractivity contribution in [1.82, 2.24) is 9.88 Å². The molecule has 166 valence electrons. The lowest BCUT2D eigenvalue weighted by molar-refractivity contribution is 0.303. The van der Waals surface area contributed by atoms with Crippen molar-refractivity contribution < 1.29 is 9.13 Å². The summed E-state index contributed by atoms with van der Waals surface area (Å²) in [5.74, 6) is 0.276. The van der Waals surface area contributed by atoms with Crippen LogP contribution in [0.3, 0.4) is 0 Å². The van der Waals surface area contributed by atoms with Gasteiger partial charge in [-0.2, -0.15) is 0 Å². The molecule has 2 heterocycles. The Morgan fingerprint density at radius 2 is 2.16 bits per heavy atom. The predicted octanol–water partition coefficient (Wildman–Crippen LogP) is 6.36. The molecule has 0 bridgehead atoms. The van der Waals surface area contributed by atoms with Crippen LogP contribution in [0.5, 0.6) is 0 Å². The van der Waals surface area contributed by atoms with E-state index in [9.17, 15) is 4.39 Å². The molecule has 2 N–H and O–H groups in total. The number of allylic oxidation sites excluding steroid dienone is 4. The Labute approximate surface area is 189 Å². The molecule has 0 aromatic carbocycles. The normalized spacial score (nSPS) is 16.1. The molecule has 1 aromatic heterocycles. The minimum Gasteiger partial charge on any atom is -0.497 e. The molecule has 4 nitrogen and oxygen atoms in total. The molecule has 0 aliphatic carbocycles. The third-order valence-corrected chi connectivity index (χ3v) is 5.65. The van der Waals surface area contributed by atoms with Crippen molar-refractivity contribution in [1.29, 1.82) is 0 Å². The number of nitrogens with zero attached hydrogens (tertiary/aromatic N) is 2. The molecular weight excluding hydrogens is 413 g/mol. The lowest BCUT2D eigenvalue weighted by Crippen LogP contribution is -2.23. The van der Waals surface area contributed by atoms with Gasteiger partial charge in [-0.3, -0.25) is 0 Å². The minimum atomic E-state index is -0.534. The Morgan fingerprint density at radius 1 is 1.45 bits per heavy atom. The van der Waals surface area contributed by atoms with Gasteiger partial charge in [0.2, 0.25) is 0 Å². The van der Waals surface area contributed by atoms with E-state index in [1.807, 2.05) is 25.3 Å². The summed E-state index contributed by atoms with van der Waals surface area (Å²) in [6.45, 7) is 14.9. The van der Waals surface area contributed by atoms with Crippen LogP contribution in [-0.4, -0.2) is 23.5 Å². The van der Waals surface area contributed by atoms with Crippen LogP contribution in [0.4, 0.5) is 4.39 Å². The molecule has 1 aromatic rings. The SMILES string of the molecule is C=C(OC)C1=CC(=C)N(/C(CCN)=C(/C=C/c2ccnc(Cl)c2F)C(C)CC)C=C1C. The molecule has 1 atom stereocenters. The van der Waals surface area contributed by atoms with Crippen molar-refractivity contribution in [3.8, 4) is 0 Å². The number of halogens is 2. The molecule has 0 radical (unpaired) electrons. The fourth-order valence-corrected chi connectivity index (χ4v) is 3.57. The van der Waals surface area contributed by atoms with Crippen LogP contribution in [0.15, 0.2) is 77.6 Å². The summed E-state index contributed by atoms with van der Waals surface area (Å²) in [5, 5.41) is -0.141. The van der Waals surface area contributed by atoms with Crippen molar-refractivity contribution in [3.63, 3.8) is 0 Å². The zero-order valence-corrected chi connectivity index (χ0v) is 19.5. The Kier molecular flexibility index (Phi) is 8.84. The number of nitrogens with two attached hydrogens (primary N) is 1. The highest BCUT2D eigenvalue weighted by Crippen LogP contribution is 2.34. The van der Waals surface area contributed by atoms with E-state index in [1.165, 1.54) is 6.20 Å². The number of hydrogen-bond donors (Lipinski definition) is 1. The van der Waals surface area contributed by atoms with Gasteiger partial charge in [0, 0.05) is 41.3 Å². The van der Waals surface area contributed by atoms with Gasteiger partial charge in [0.25, 0.3) is 0 Å². The van der Waals surface area contributed by atoms with Gasteiger partial charge < -0.3 is 15.4 Å². The summed E-state index contributed by atoms with van der Waals surface area (Å²) in [6.07, 6.45) is 10.7. The topological polar surface area (TPSA) is 51.4 Å². The van der Waals surface area contributed by atoms with E-state index in [4.69, 9.17) is 22.1 Å². The quantitative estimate of drug-likeness (QED) is 0.274. The van der Waals surface area contributed by atoms with Crippen molar-refractivity contribution in [2.24, 2.45) is 11.7 Å². The van der Waals surface area contributed by atoms with Crippen LogP contribution in [0.1, 0.15) is 39.2 Å². The van der Waals surface area contributed by atoms with E-state index < -0.39 is 5.82 Å². The number of pyridine rings is 1. The highest BCUT2D eigenvalue weighted by atomic mass is 35.5. The second kappa shape index (κ2) is 11.1. The third kappa shape index (κ3) is 5.75. The highest BCUT2D eigenvalue weighted by Gasteiger charge is 2.22. The standard InChI is InChI=1S/C25H31ClFN3O/c1-7-16(2)21(9-8-20-11-13-29-25(26)24(20)27)23(10-12-28)30-15-17(3)22(14-18(30)4)19(5)31-6/h8-9,11,13-16H,4-5,7,10,12,28H2,1-3,6H3/b9-8+,23-21-. The number of hydrogen-bond acceptors (Lipinski definition) is 4. The van der Waals surface area contributed by atoms with Gasteiger partial charge in [-0.15, -0.1) is 0 Å². The maximum Gasteiger partial charge on any atom is 0.167 e. The first-order chi connectivity index (χ1) is 14.7. The van der Waals surface area contributed by atoms with Crippen LogP contribution in [0, 0.1) is 11.7 Å². The average Bonchev–Trinajstić information content (AvgIpc) is 2.76. The van der Waals surface area contributed by atoms with Gasteiger partial charge in [-0.1, -0.05) is 50.8 Å². The van der Waals surface area contributed by atoms with E-state index in [-0.39, 0.29) is 11.1 Å². The number of aromatic nitrogens is 1. The van der Waals surface area contributed by atoms with Crippen LogP contribution in [0.2, 0.25) is 5.15 Å². The van der Waals surface area contributed by atoms with Crippen molar-refractivity contribution in [3.05, 3.63) is 94.2 Å². The van der Waals surface area contributed by atoms with E-state index >= 15 is 0 Å². The summed E-state index contributed by atoms with van der Waals surface area (Å²) in [5.41, 5.74) is 11.1. The monoisotopic (exact) mass is 443 g/mol. The Hall–Kier alpha value is -2.63. The van der Waals surface area contributed by atoms with Gasteiger partial charge in [0.15, 0.2) is 11.0 Å². The van der Waals surface area contributed by atoms with Gasteiger partial charge in [-0.25, -0.2) is 9.37 Å².